The molecule has 3 rings (SSSR count). The van der Waals surface area contributed by atoms with E-state index in [9.17, 15) is 9.59 Å². The molecule has 0 saturated heterocycles. The molecule has 0 unspecified atom stereocenters. The molecule has 0 bridgehead atoms. The molecule has 30 heavy (non-hydrogen) atoms. The molecule has 9 nitrogen and oxygen atoms in total. The predicted molar refractivity (Wildman–Crippen MR) is 107 cm³/mol. The van der Waals surface area contributed by atoms with Crippen molar-refractivity contribution in [2.45, 2.75) is 6.92 Å². The van der Waals surface area contributed by atoms with E-state index in [0.717, 1.165) is 16.9 Å². The van der Waals surface area contributed by atoms with E-state index < -0.39 is 5.91 Å². The first-order valence-corrected chi connectivity index (χ1v) is 9.26. The molecule has 3 aromatic rings. The maximum Gasteiger partial charge on any atom is 0.313 e. The topological polar surface area (TPSA) is 123 Å². The number of hydrogen-bond donors (Lipinski definition) is 3. The second-order valence-electron chi connectivity index (χ2n) is 6.11. The van der Waals surface area contributed by atoms with E-state index in [4.69, 9.17) is 19.2 Å². The fourth-order valence-electron chi connectivity index (χ4n) is 2.66. The number of benzene rings is 2. The first kappa shape index (κ1) is 20.9. The van der Waals surface area contributed by atoms with Crippen LogP contribution in [0.5, 0.6) is 11.6 Å². The van der Waals surface area contributed by atoms with Gasteiger partial charge in [-0.3, -0.25) is 14.8 Å². The van der Waals surface area contributed by atoms with E-state index in [2.05, 4.69) is 10.5 Å². The average Bonchev–Trinajstić information content (AvgIpc) is 3.25. The summed E-state index contributed by atoms with van der Waals surface area (Å²) in [5.41, 5.74) is 3.92. The molecule has 0 spiro atoms. The summed E-state index contributed by atoms with van der Waals surface area (Å²) < 4.78 is 15.5. The highest BCUT2D eigenvalue weighted by Crippen LogP contribution is 2.24. The van der Waals surface area contributed by atoms with Crippen molar-refractivity contribution in [3.05, 3.63) is 65.9 Å². The number of nitrogens with zero attached hydrogens (tertiary/aromatic N) is 1. The van der Waals surface area contributed by atoms with Crippen LogP contribution in [-0.4, -0.2) is 41.9 Å². The zero-order chi connectivity index (χ0) is 21.3. The van der Waals surface area contributed by atoms with Gasteiger partial charge in [0.2, 0.25) is 5.76 Å². The third-order valence-corrected chi connectivity index (χ3v) is 4.08. The summed E-state index contributed by atoms with van der Waals surface area (Å²) in [7, 11) is 0. The molecule has 0 saturated carbocycles. The first-order chi connectivity index (χ1) is 14.6. The van der Waals surface area contributed by atoms with Gasteiger partial charge in [-0.25, -0.2) is 5.48 Å². The lowest BCUT2D eigenvalue weighted by atomic mass is 10.0. The second kappa shape index (κ2) is 10.1. The van der Waals surface area contributed by atoms with Crippen molar-refractivity contribution in [3.63, 3.8) is 0 Å². The maximum absolute atomic E-state index is 12.3. The number of amides is 2. The number of hydroxylamine groups is 1. The third-order valence-electron chi connectivity index (χ3n) is 4.08. The Kier molecular flexibility index (Phi) is 7.01. The fourth-order valence-corrected chi connectivity index (χ4v) is 2.66. The Morgan fingerprint density at radius 3 is 2.57 bits per heavy atom. The summed E-state index contributed by atoms with van der Waals surface area (Å²) in [6, 6.07) is 16.2. The summed E-state index contributed by atoms with van der Waals surface area (Å²) in [6.07, 6.45) is 0. The van der Waals surface area contributed by atoms with Crippen LogP contribution in [0.25, 0.3) is 11.1 Å². The summed E-state index contributed by atoms with van der Waals surface area (Å²) in [5.74, 6) is -0.398. The molecular formula is C21H21N3O6. The standard InChI is InChI=1S/C21H21N3O6/c1-2-28-17-5-3-4-16(12-17)14-6-8-15(9-7-14)20(25)22-10-11-29-19-13-18(30-24-19)21(26)23-27/h3-9,12-13,27H,2,10-11H2,1H3,(H,22,25)(H,23,26). The minimum Gasteiger partial charge on any atom is -0.494 e. The molecule has 0 aliphatic rings. The Hall–Kier alpha value is -3.85. The van der Waals surface area contributed by atoms with Crippen LogP contribution in [0.3, 0.4) is 0 Å². The average molecular weight is 411 g/mol. The number of ether oxygens (including phenoxy) is 2. The van der Waals surface area contributed by atoms with Crippen LogP contribution in [0.15, 0.2) is 59.1 Å². The van der Waals surface area contributed by atoms with Gasteiger partial charge in [0.25, 0.3) is 11.8 Å². The van der Waals surface area contributed by atoms with Crippen molar-refractivity contribution in [1.82, 2.24) is 16.0 Å². The second-order valence-corrected chi connectivity index (χ2v) is 6.11. The molecule has 0 atom stereocenters. The Bertz CT molecular complexity index is 1000. The number of rotatable bonds is 9. The van der Waals surface area contributed by atoms with Gasteiger partial charge >= 0.3 is 5.91 Å². The number of carbonyl (C=O) groups is 2. The van der Waals surface area contributed by atoms with Gasteiger partial charge in [0.1, 0.15) is 12.4 Å². The van der Waals surface area contributed by atoms with E-state index in [-0.39, 0.29) is 30.7 Å². The highest BCUT2D eigenvalue weighted by Gasteiger charge is 2.13. The predicted octanol–water partition coefficient (Wildman–Crippen LogP) is 2.67. The SMILES string of the molecule is CCOc1cccc(-c2ccc(C(=O)NCCOc3cc(C(=O)NO)on3)cc2)c1. The van der Waals surface area contributed by atoms with Gasteiger partial charge in [-0.1, -0.05) is 24.3 Å². The Balaban J connectivity index is 1.49. The Labute approximate surface area is 172 Å². The van der Waals surface area contributed by atoms with Crippen molar-refractivity contribution in [2.75, 3.05) is 19.8 Å². The Morgan fingerprint density at radius 2 is 1.83 bits per heavy atom. The molecule has 2 aromatic carbocycles. The van der Waals surface area contributed by atoms with Crippen LogP contribution in [0.4, 0.5) is 0 Å². The van der Waals surface area contributed by atoms with E-state index in [1.165, 1.54) is 11.5 Å². The molecule has 3 N–H and O–H groups in total. The van der Waals surface area contributed by atoms with Crippen LogP contribution < -0.4 is 20.3 Å². The van der Waals surface area contributed by atoms with Gasteiger partial charge < -0.3 is 19.3 Å². The number of aromatic nitrogens is 1. The third kappa shape index (κ3) is 5.36. The minimum atomic E-state index is -0.835. The Morgan fingerprint density at radius 1 is 1.03 bits per heavy atom. The molecule has 0 aliphatic carbocycles. The van der Waals surface area contributed by atoms with E-state index in [1.807, 2.05) is 43.3 Å². The summed E-state index contributed by atoms with van der Waals surface area (Å²) in [5, 5.41) is 14.8. The number of hydrogen-bond acceptors (Lipinski definition) is 7. The van der Waals surface area contributed by atoms with Gasteiger partial charge in [0.15, 0.2) is 0 Å². The zero-order valence-corrected chi connectivity index (χ0v) is 16.3. The summed E-state index contributed by atoms with van der Waals surface area (Å²) in [4.78, 5) is 23.4. The van der Waals surface area contributed by atoms with Gasteiger partial charge in [-0.05, 0) is 47.5 Å². The van der Waals surface area contributed by atoms with Crippen LogP contribution in [-0.2, 0) is 0 Å². The fraction of sp³-hybridized carbons (Fsp3) is 0.190. The highest BCUT2D eigenvalue weighted by atomic mass is 16.5. The van der Waals surface area contributed by atoms with Gasteiger partial charge in [0, 0.05) is 5.56 Å². The molecule has 1 aromatic heterocycles. The van der Waals surface area contributed by atoms with Crippen molar-refractivity contribution >= 4 is 11.8 Å². The number of carbonyl (C=O) groups excluding carboxylic acids is 2. The maximum atomic E-state index is 12.3. The largest absolute Gasteiger partial charge is 0.494 e. The lowest BCUT2D eigenvalue weighted by molar-refractivity contribution is 0.0666. The van der Waals surface area contributed by atoms with Gasteiger partial charge in [0.05, 0.1) is 19.2 Å². The smallest absolute Gasteiger partial charge is 0.313 e. The minimum absolute atomic E-state index is 0.0708. The van der Waals surface area contributed by atoms with Crippen molar-refractivity contribution in [1.29, 1.82) is 0 Å². The lowest BCUT2D eigenvalue weighted by Gasteiger charge is -2.08. The molecule has 156 valence electrons. The molecule has 0 radical (unpaired) electrons. The van der Waals surface area contributed by atoms with Gasteiger partial charge in [-0.15, -0.1) is 0 Å². The zero-order valence-electron chi connectivity index (χ0n) is 16.3. The van der Waals surface area contributed by atoms with E-state index in [1.54, 1.807) is 12.1 Å². The molecular weight excluding hydrogens is 390 g/mol. The first-order valence-electron chi connectivity index (χ1n) is 9.26. The summed E-state index contributed by atoms with van der Waals surface area (Å²) >= 11 is 0. The quantitative estimate of drug-likeness (QED) is 0.281. The molecule has 0 aliphatic heterocycles. The van der Waals surface area contributed by atoms with Gasteiger partial charge in [-0.2, -0.15) is 0 Å². The van der Waals surface area contributed by atoms with Crippen LogP contribution in [0, 0.1) is 0 Å². The highest BCUT2D eigenvalue weighted by molar-refractivity contribution is 5.94. The monoisotopic (exact) mass is 411 g/mol. The molecule has 1 heterocycles. The lowest BCUT2D eigenvalue weighted by Crippen LogP contribution is -2.28. The normalized spacial score (nSPS) is 10.3. The number of nitrogens with one attached hydrogen (secondary N) is 2. The molecule has 0 fully saturated rings. The molecule has 2 amide bonds. The van der Waals surface area contributed by atoms with Crippen molar-refractivity contribution in [2.24, 2.45) is 0 Å². The van der Waals surface area contributed by atoms with Crippen molar-refractivity contribution in [3.8, 4) is 22.8 Å². The van der Waals surface area contributed by atoms with Crippen LogP contribution in [0.1, 0.15) is 27.8 Å². The van der Waals surface area contributed by atoms with Crippen molar-refractivity contribution < 1.29 is 28.8 Å². The van der Waals surface area contributed by atoms with E-state index in [0.29, 0.717) is 12.2 Å². The van der Waals surface area contributed by atoms with Crippen LogP contribution in [0.2, 0.25) is 0 Å². The molecule has 9 heteroatoms. The van der Waals surface area contributed by atoms with Crippen LogP contribution >= 0.6 is 0 Å². The summed E-state index contributed by atoms with van der Waals surface area (Å²) in [6.45, 7) is 2.89. The van der Waals surface area contributed by atoms with E-state index >= 15 is 0 Å².